The minimum atomic E-state index is 0.106. The summed E-state index contributed by atoms with van der Waals surface area (Å²) < 4.78 is 5.59. The molecule has 5 nitrogen and oxygen atoms in total. The zero-order chi connectivity index (χ0) is 13.0. The number of nitrogens with two attached hydrogens (primary N) is 1. The third kappa shape index (κ3) is 3.85. The molecule has 0 aliphatic heterocycles. The van der Waals surface area contributed by atoms with Gasteiger partial charge in [-0.1, -0.05) is 0 Å². The van der Waals surface area contributed by atoms with Crippen LogP contribution in [0.3, 0.4) is 0 Å². The van der Waals surface area contributed by atoms with Crippen LogP contribution < -0.4 is 15.4 Å². The molecule has 0 bridgehead atoms. The number of ether oxygens (including phenoxy) is 1. The van der Waals surface area contributed by atoms with Gasteiger partial charge in [0, 0.05) is 31.4 Å². The van der Waals surface area contributed by atoms with Gasteiger partial charge in [0.25, 0.3) is 0 Å². The molecule has 1 atom stereocenters. The van der Waals surface area contributed by atoms with Crippen LogP contribution in [0.25, 0.3) is 0 Å². The average molecular weight is 238 g/mol. The van der Waals surface area contributed by atoms with Crippen LogP contribution in [0, 0.1) is 6.92 Å². The molecule has 0 radical (unpaired) electrons. The number of nitrogens with zero attached hydrogens (tertiary/aromatic N) is 3. The van der Waals surface area contributed by atoms with E-state index < -0.39 is 0 Å². The van der Waals surface area contributed by atoms with Crippen molar-refractivity contribution in [3.63, 3.8) is 0 Å². The minimum Gasteiger partial charge on any atom is -0.475 e. The molecule has 0 saturated carbocycles. The second-order valence-corrected chi connectivity index (χ2v) is 4.51. The average Bonchev–Trinajstić information content (AvgIpc) is 2.25. The van der Waals surface area contributed by atoms with Gasteiger partial charge in [-0.25, -0.2) is 4.98 Å². The highest BCUT2D eigenvalue weighted by Crippen LogP contribution is 2.16. The number of hydrogen-bond acceptors (Lipinski definition) is 5. The number of aryl methyl sites for hydroxylation is 1. The predicted octanol–water partition coefficient (Wildman–Crippen LogP) is 1.36. The fraction of sp³-hybridized carbons (Fsp3) is 0.667. The molecule has 1 aromatic rings. The van der Waals surface area contributed by atoms with Crippen molar-refractivity contribution < 1.29 is 4.74 Å². The van der Waals surface area contributed by atoms with E-state index in [1.54, 1.807) is 0 Å². The van der Waals surface area contributed by atoms with Crippen LogP contribution in [0.2, 0.25) is 0 Å². The summed E-state index contributed by atoms with van der Waals surface area (Å²) in [6.07, 6.45) is 0.106. The van der Waals surface area contributed by atoms with Crippen LogP contribution in [0.4, 0.5) is 5.95 Å². The van der Waals surface area contributed by atoms with Crippen molar-refractivity contribution in [2.45, 2.75) is 39.8 Å². The molecule has 1 aromatic heterocycles. The SMILES string of the molecule is Cc1cc(OC(C)C)nc(N(C)C(C)CN)n1. The summed E-state index contributed by atoms with van der Waals surface area (Å²) in [4.78, 5) is 10.7. The van der Waals surface area contributed by atoms with Crippen molar-refractivity contribution >= 4 is 5.95 Å². The summed E-state index contributed by atoms with van der Waals surface area (Å²) in [5, 5.41) is 0. The fourth-order valence-electron chi connectivity index (χ4n) is 1.34. The maximum atomic E-state index is 5.64. The Morgan fingerprint density at radius 2 is 2.00 bits per heavy atom. The molecule has 17 heavy (non-hydrogen) atoms. The molecule has 0 aliphatic carbocycles. The van der Waals surface area contributed by atoms with E-state index in [-0.39, 0.29) is 12.1 Å². The van der Waals surface area contributed by atoms with Gasteiger partial charge in [-0.15, -0.1) is 0 Å². The lowest BCUT2D eigenvalue weighted by molar-refractivity contribution is 0.232. The van der Waals surface area contributed by atoms with E-state index >= 15 is 0 Å². The lowest BCUT2D eigenvalue weighted by Gasteiger charge is -2.24. The zero-order valence-corrected chi connectivity index (χ0v) is 11.3. The van der Waals surface area contributed by atoms with Crippen molar-refractivity contribution in [2.24, 2.45) is 5.73 Å². The third-order valence-corrected chi connectivity index (χ3v) is 2.49. The molecular formula is C12H22N4O. The molecule has 0 fully saturated rings. The molecule has 1 rings (SSSR count). The Morgan fingerprint density at radius 3 is 2.53 bits per heavy atom. The van der Waals surface area contributed by atoms with Gasteiger partial charge in [-0.05, 0) is 27.7 Å². The number of likely N-dealkylation sites (N-methyl/N-ethyl adjacent to an activating group) is 1. The van der Waals surface area contributed by atoms with Crippen molar-refractivity contribution in [1.82, 2.24) is 9.97 Å². The van der Waals surface area contributed by atoms with Crippen molar-refractivity contribution in [1.29, 1.82) is 0 Å². The fourth-order valence-corrected chi connectivity index (χ4v) is 1.34. The van der Waals surface area contributed by atoms with Crippen LogP contribution in [-0.2, 0) is 0 Å². The van der Waals surface area contributed by atoms with Gasteiger partial charge >= 0.3 is 0 Å². The van der Waals surface area contributed by atoms with Crippen molar-refractivity contribution in [3.05, 3.63) is 11.8 Å². The van der Waals surface area contributed by atoms with E-state index in [1.165, 1.54) is 0 Å². The van der Waals surface area contributed by atoms with Crippen molar-refractivity contribution in [3.8, 4) is 5.88 Å². The van der Waals surface area contributed by atoms with Gasteiger partial charge in [-0.3, -0.25) is 0 Å². The van der Waals surface area contributed by atoms with E-state index in [4.69, 9.17) is 10.5 Å². The topological polar surface area (TPSA) is 64.3 Å². The zero-order valence-electron chi connectivity index (χ0n) is 11.3. The monoisotopic (exact) mass is 238 g/mol. The first-order valence-corrected chi connectivity index (χ1v) is 5.89. The largest absolute Gasteiger partial charge is 0.475 e. The molecule has 2 N–H and O–H groups in total. The molecule has 5 heteroatoms. The lowest BCUT2D eigenvalue weighted by Crippen LogP contribution is -2.36. The Balaban J connectivity index is 2.96. The molecule has 96 valence electrons. The highest BCUT2D eigenvalue weighted by Gasteiger charge is 2.13. The van der Waals surface area contributed by atoms with E-state index in [1.807, 2.05) is 45.7 Å². The van der Waals surface area contributed by atoms with Gasteiger partial charge < -0.3 is 15.4 Å². The van der Waals surface area contributed by atoms with Crippen LogP contribution in [0.15, 0.2) is 6.07 Å². The van der Waals surface area contributed by atoms with Crippen LogP contribution in [0.5, 0.6) is 5.88 Å². The minimum absolute atomic E-state index is 0.106. The summed E-state index contributed by atoms with van der Waals surface area (Å²) in [5.41, 5.74) is 6.53. The highest BCUT2D eigenvalue weighted by atomic mass is 16.5. The van der Waals surface area contributed by atoms with Crippen molar-refractivity contribution in [2.75, 3.05) is 18.5 Å². The number of rotatable bonds is 5. The Bertz CT molecular complexity index is 368. The van der Waals surface area contributed by atoms with Crippen LogP contribution in [-0.4, -0.2) is 35.7 Å². The summed E-state index contributed by atoms with van der Waals surface area (Å²) in [5.74, 6) is 1.26. The second kappa shape index (κ2) is 5.82. The van der Waals surface area contributed by atoms with E-state index in [0.717, 1.165) is 5.69 Å². The first kappa shape index (κ1) is 13.7. The van der Waals surface area contributed by atoms with E-state index in [9.17, 15) is 0 Å². The van der Waals surface area contributed by atoms with Gasteiger partial charge in [0.15, 0.2) is 0 Å². The second-order valence-electron chi connectivity index (χ2n) is 4.51. The summed E-state index contributed by atoms with van der Waals surface area (Å²) in [6, 6.07) is 2.04. The summed E-state index contributed by atoms with van der Waals surface area (Å²) >= 11 is 0. The Hall–Kier alpha value is -1.36. The molecule has 1 unspecified atom stereocenters. The first-order valence-electron chi connectivity index (χ1n) is 5.89. The number of aromatic nitrogens is 2. The van der Waals surface area contributed by atoms with E-state index in [0.29, 0.717) is 18.4 Å². The number of hydrogen-bond donors (Lipinski definition) is 1. The molecular weight excluding hydrogens is 216 g/mol. The molecule has 0 aliphatic rings. The Morgan fingerprint density at radius 1 is 1.35 bits per heavy atom. The lowest BCUT2D eigenvalue weighted by atomic mass is 10.3. The quantitative estimate of drug-likeness (QED) is 0.839. The Kier molecular flexibility index (Phi) is 4.69. The number of anilines is 1. The van der Waals surface area contributed by atoms with Gasteiger partial charge in [0.1, 0.15) is 0 Å². The third-order valence-electron chi connectivity index (χ3n) is 2.49. The Labute approximate surface area is 103 Å². The smallest absolute Gasteiger partial charge is 0.228 e. The molecule has 0 amide bonds. The van der Waals surface area contributed by atoms with Crippen LogP contribution >= 0.6 is 0 Å². The molecule has 0 spiro atoms. The molecule has 0 saturated heterocycles. The van der Waals surface area contributed by atoms with Gasteiger partial charge in [0.2, 0.25) is 11.8 Å². The maximum Gasteiger partial charge on any atom is 0.228 e. The summed E-state index contributed by atoms with van der Waals surface area (Å²) in [7, 11) is 1.94. The van der Waals surface area contributed by atoms with E-state index in [2.05, 4.69) is 9.97 Å². The first-order chi connectivity index (χ1) is 7.93. The molecule has 1 heterocycles. The predicted molar refractivity (Wildman–Crippen MR) is 69.5 cm³/mol. The van der Waals surface area contributed by atoms with Gasteiger partial charge in [-0.2, -0.15) is 4.98 Å². The molecule has 0 aromatic carbocycles. The normalized spacial score (nSPS) is 12.6. The summed E-state index contributed by atoms with van der Waals surface area (Å²) in [6.45, 7) is 8.48. The highest BCUT2D eigenvalue weighted by molar-refractivity contribution is 5.34. The standard InChI is InChI=1S/C12H22N4O/c1-8(2)17-11-6-9(3)14-12(15-11)16(5)10(4)7-13/h6,8,10H,7,13H2,1-5H3. The van der Waals surface area contributed by atoms with Gasteiger partial charge in [0.05, 0.1) is 6.10 Å². The van der Waals surface area contributed by atoms with Crippen LogP contribution in [0.1, 0.15) is 26.5 Å². The maximum absolute atomic E-state index is 5.64.